The van der Waals surface area contributed by atoms with Crippen molar-refractivity contribution in [2.75, 3.05) is 11.9 Å². The second-order valence-electron chi connectivity index (χ2n) is 6.58. The fraction of sp³-hybridized carbons (Fsp3) is 0.227. The number of carbonyl (C=O) groups is 1. The lowest BCUT2D eigenvalue weighted by Gasteiger charge is -2.11. The zero-order chi connectivity index (χ0) is 21.5. The van der Waals surface area contributed by atoms with Crippen LogP contribution in [0.5, 0.6) is 5.75 Å². The van der Waals surface area contributed by atoms with Crippen LogP contribution in [0.25, 0.3) is 11.0 Å². The number of rotatable bonds is 7. The summed E-state index contributed by atoms with van der Waals surface area (Å²) in [6.07, 6.45) is 2.96. The summed E-state index contributed by atoms with van der Waals surface area (Å²) in [6, 6.07) is 12.8. The minimum Gasteiger partial charge on any atom is -0.491 e. The molecular weight excluding hydrogens is 405 g/mol. The highest BCUT2D eigenvalue weighted by atomic mass is 32.1. The summed E-state index contributed by atoms with van der Waals surface area (Å²) in [6.45, 7) is 2.54. The van der Waals surface area contributed by atoms with Crippen molar-refractivity contribution in [3.05, 3.63) is 59.6 Å². The molecule has 2 aromatic carbocycles. The third-order valence-electron chi connectivity index (χ3n) is 4.29. The Morgan fingerprint density at radius 1 is 1.23 bits per heavy atom. The first-order chi connectivity index (χ1) is 14.5. The van der Waals surface area contributed by atoms with Crippen LogP contribution < -0.4 is 15.4 Å². The number of ether oxygens (including phenoxy) is 1. The molecule has 1 amide bonds. The largest absolute Gasteiger partial charge is 0.491 e. The van der Waals surface area contributed by atoms with E-state index < -0.39 is 11.7 Å². The van der Waals surface area contributed by atoms with Crippen molar-refractivity contribution in [1.82, 2.24) is 5.32 Å². The zero-order valence-electron chi connectivity index (χ0n) is 16.3. The maximum Gasteiger partial charge on any atom is 0.293 e. The van der Waals surface area contributed by atoms with E-state index in [1.54, 1.807) is 24.3 Å². The predicted molar refractivity (Wildman–Crippen MR) is 116 cm³/mol. The van der Waals surface area contributed by atoms with Crippen molar-refractivity contribution >= 4 is 39.9 Å². The molecule has 30 heavy (non-hydrogen) atoms. The van der Waals surface area contributed by atoms with Gasteiger partial charge in [0.1, 0.15) is 5.58 Å². The van der Waals surface area contributed by atoms with Crippen LogP contribution in [0.15, 0.2) is 46.9 Å². The molecule has 6 nitrogen and oxygen atoms in total. The van der Waals surface area contributed by atoms with Gasteiger partial charge in [0.2, 0.25) is 0 Å². The van der Waals surface area contributed by atoms with Gasteiger partial charge >= 0.3 is 0 Å². The quantitative estimate of drug-likeness (QED) is 0.403. The molecule has 0 spiro atoms. The van der Waals surface area contributed by atoms with Crippen molar-refractivity contribution in [3.8, 4) is 11.8 Å². The number of hydrogen-bond acceptors (Lipinski definition) is 5. The molecule has 1 heterocycles. The molecule has 0 atom stereocenters. The van der Waals surface area contributed by atoms with Gasteiger partial charge in [-0.15, -0.1) is 0 Å². The molecular formula is C22H20FN3O3S. The summed E-state index contributed by atoms with van der Waals surface area (Å²) in [5, 5.41) is 14.8. The third-order valence-corrected chi connectivity index (χ3v) is 4.50. The standard InChI is InChI=1S/C22H20FN3O3S/c1-2-3-4-9-28-19-8-6-16(12-17(19)23)25-22(30)26-21(27)20-11-15-10-14(13-24)5-7-18(15)29-20/h5-8,10-12H,2-4,9H2,1H3,(H2,25,26,27,30). The van der Waals surface area contributed by atoms with Crippen LogP contribution in [0.3, 0.4) is 0 Å². The first-order valence-corrected chi connectivity index (χ1v) is 9.89. The summed E-state index contributed by atoms with van der Waals surface area (Å²) >= 11 is 5.13. The number of halogens is 1. The Morgan fingerprint density at radius 3 is 2.80 bits per heavy atom. The number of thiocarbonyl (C=S) groups is 1. The molecule has 0 aliphatic carbocycles. The fourth-order valence-corrected chi connectivity index (χ4v) is 2.99. The Labute approximate surface area is 178 Å². The van der Waals surface area contributed by atoms with E-state index >= 15 is 0 Å². The molecule has 0 aliphatic heterocycles. The molecule has 0 aliphatic rings. The number of benzene rings is 2. The molecule has 154 valence electrons. The van der Waals surface area contributed by atoms with Gasteiger partial charge in [-0.25, -0.2) is 4.39 Å². The van der Waals surface area contributed by atoms with Crippen LogP contribution in [0.1, 0.15) is 42.3 Å². The van der Waals surface area contributed by atoms with Gasteiger partial charge in [0.05, 0.1) is 18.2 Å². The Kier molecular flexibility index (Phi) is 6.99. The number of nitrogens with one attached hydrogen (secondary N) is 2. The lowest BCUT2D eigenvalue weighted by molar-refractivity contribution is 0.0953. The Balaban J connectivity index is 1.59. The Hall–Kier alpha value is -3.44. The topological polar surface area (TPSA) is 87.3 Å². The van der Waals surface area contributed by atoms with Crippen molar-refractivity contribution in [3.63, 3.8) is 0 Å². The Morgan fingerprint density at radius 2 is 2.07 bits per heavy atom. The van der Waals surface area contributed by atoms with Gasteiger partial charge in [0, 0.05) is 17.1 Å². The molecule has 0 unspecified atom stereocenters. The number of amides is 1. The van der Waals surface area contributed by atoms with Gasteiger partial charge in [0.25, 0.3) is 5.91 Å². The van der Waals surface area contributed by atoms with Crippen LogP contribution in [0, 0.1) is 17.1 Å². The lowest BCUT2D eigenvalue weighted by Crippen LogP contribution is -2.33. The Bertz CT molecular complexity index is 1120. The van der Waals surface area contributed by atoms with Gasteiger partial charge in [-0.3, -0.25) is 10.1 Å². The highest BCUT2D eigenvalue weighted by molar-refractivity contribution is 7.80. The molecule has 2 N–H and O–H groups in total. The monoisotopic (exact) mass is 425 g/mol. The lowest BCUT2D eigenvalue weighted by atomic mass is 10.2. The summed E-state index contributed by atoms with van der Waals surface area (Å²) in [5.74, 6) is -0.855. The summed E-state index contributed by atoms with van der Waals surface area (Å²) in [4.78, 5) is 12.4. The number of unbranched alkanes of at least 4 members (excludes halogenated alkanes) is 2. The maximum atomic E-state index is 14.2. The van der Waals surface area contributed by atoms with Crippen LogP contribution in [0.2, 0.25) is 0 Å². The molecule has 3 rings (SSSR count). The van der Waals surface area contributed by atoms with Gasteiger partial charge in [-0.05, 0) is 55.0 Å². The van der Waals surface area contributed by atoms with Gasteiger partial charge < -0.3 is 14.5 Å². The van der Waals surface area contributed by atoms with Crippen molar-refractivity contribution in [1.29, 1.82) is 5.26 Å². The first kappa shape index (κ1) is 21.3. The number of anilines is 1. The van der Waals surface area contributed by atoms with E-state index in [4.69, 9.17) is 26.6 Å². The summed E-state index contributed by atoms with van der Waals surface area (Å²) < 4.78 is 25.1. The minimum absolute atomic E-state index is 0.00539. The first-order valence-electron chi connectivity index (χ1n) is 9.48. The van der Waals surface area contributed by atoms with Crippen molar-refractivity contribution < 1.29 is 18.3 Å². The van der Waals surface area contributed by atoms with Crippen LogP contribution in [-0.4, -0.2) is 17.6 Å². The van der Waals surface area contributed by atoms with E-state index in [0.717, 1.165) is 19.3 Å². The zero-order valence-corrected chi connectivity index (χ0v) is 17.1. The average molecular weight is 425 g/mol. The molecule has 0 fully saturated rings. The average Bonchev–Trinajstić information content (AvgIpc) is 3.16. The van der Waals surface area contributed by atoms with E-state index in [0.29, 0.717) is 28.8 Å². The highest BCUT2D eigenvalue weighted by Gasteiger charge is 2.15. The number of hydrogen-bond donors (Lipinski definition) is 2. The second-order valence-corrected chi connectivity index (χ2v) is 6.99. The molecule has 3 aromatic rings. The molecule has 0 radical (unpaired) electrons. The van der Waals surface area contributed by atoms with E-state index in [9.17, 15) is 9.18 Å². The number of nitriles is 1. The normalized spacial score (nSPS) is 10.4. The molecule has 1 aromatic heterocycles. The van der Waals surface area contributed by atoms with E-state index in [-0.39, 0.29) is 16.6 Å². The summed E-state index contributed by atoms with van der Waals surface area (Å²) in [7, 11) is 0. The third kappa shape index (κ3) is 5.33. The predicted octanol–water partition coefficient (Wildman–Crippen LogP) is 5.14. The number of furan rings is 1. The fourth-order valence-electron chi connectivity index (χ4n) is 2.78. The summed E-state index contributed by atoms with van der Waals surface area (Å²) in [5.41, 5.74) is 1.32. The molecule has 8 heteroatoms. The van der Waals surface area contributed by atoms with Gasteiger partial charge in [-0.2, -0.15) is 5.26 Å². The van der Waals surface area contributed by atoms with Crippen LogP contribution in [-0.2, 0) is 0 Å². The second kappa shape index (κ2) is 9.85. The van der Waals surface area contributed by atoms with Crippen molar-refractivity contribution in [2.45, 2.75) is 26.2 Å². The number of carbonyl (C=O) groups excluding carboxylic acids is 1. The highest BCUT2D eigenvalue weighted by Crippen LogP contribution is 2.22. The number of fused-ring (bicyclic) bond motifs is 1. The SMILES string of the molecule is CCCCCOc1ccc(NC(=S)NC(=O)c2cc3cc(C#N)ccc3o2)cc1F. The molecule has 0 saturated heterocycles. The van der Waals surface area contributed by atoms with Crippen LogP contribution in [0.4, 0.5) is 10.1 Å². The smallest absolute Gasteiger partial charge is 0.293 e. The molecule has 0 bridgehead atoms. The van der Waals surface area contributed by atoms with Crippen LogP contribution >= 0.6 is 12.2 Å². The van der Waals surface area contributed by atoms with E-state index in [1.807, 2.05) is 6.07 Å². The maximum absolute atomic E-state index is 14.2. The minimum atomic E-state index is -0.557. The number of nitrogens with zero attached hydrogens (tertiary/aromatic N) is 1. The molecule has 0 saturated carbocycles. The van der Waals surface area contributed by atoms with Crippen molar-refractivity contribution in [2.24, 2.45) is 0 Å². The van der Waals surface area contributed by atoms with Gasteiger partial charge in [0.15, 0.2) is 22.4 Å². The van der Waals surface area contributed by atoms with E-state index in [2.05, 4.69) is 17.6 Å². The van der Waals surface area contributed by atoms with E-state index in [1.165, 1.54) is 18.2 Å². The van der Waals surface area contributed by atoms with Gasteiger partial charge in [-0.1, -0.05) is 19.8 Å².